The van der Waals surface area contributed by atoms with Crippen molar-refractivity contribution in [1.82, 2.24) is 10.2 Å². The summed E-state index contributed by atoms with van der Waals surface area (Å²) < 4.78 is 10.1. The van der Waals surface area contributed by atoms with Gasteiger partial charge in [0.05, 0.1) is 7.11 Å². The summed E-state index contributed by atoms with van der Waals surface area (Å²) in [5.74, 6) is -0.532. The topological polar surface area (TPSA) is 84.9 Å². The quantitative estimate of drug-likeness (QED) is 0.785. The van der Waals surface area contributed by atoms with Gasteiger partial charge in [-0.3, -0.25) is 4.79 Å². The van der Waals surface area contributed by atoms with Crippen molar-refractivity contribution in [2.24, 2.45) is 11.3 Å². The Morgan fingerprint density at radius 2 is 1.68 bits per heavy atom. The molecule has 2 amide bonds. The van der Waals surface area contributed by atoms with Crippen LogP contribution in [0.5, 0.6) is 0 Å². The SMILES string of the molecule is COC(=O)[C@@H]1C[C@@H](C)CN1C(=O)[C@@H](NC(=O)OC(C)(C)C)C(C)(C)C. The molecule has 25 heavy (non-hydrogen) atoms. The fourth-order valence-corrected chi connectivity index (χ4v) is 2.89. The Bertz CT molecular complexity index is 519. The Labute approximate surface area is 150 Å². The molecule has 1 aliphatic heterocycles. The van der Waals surface area contributed by atoms with Crippen molar-refractivity contribution in [1.29, 1.82) is 0 Å². The first-order chi connectivity index (χ1) is 11.3. The van der Waals surface area contributed by atoms with E-state index in [-0.39, 0.29) is 11.8 Å². The average molecular weight is 356 g/mol. The highest BCUT2D eigenvalue weighted by Gasteiger charge is 2.44. The molecule has 1 fully saturated rings. The van der Waals surface area contributed by atoms with Crippen molar-refractivity contribution in [3.8, 4) is 0 Å². The van der Waals surface area contributed by atoms with Crippen LogP contribution in [0.2, 0.25) is 0 Å². The molecule has 1 N–H and O–H groups in total. The summed E-state index contributed by atoms with van der Waals surface area (Å²) in [5.41, 5.74) is -1.20. The third-order valence-electron chi connectivity index (χ3n) is 4.04. The maximum Gasteiger partial charge on any atom is 0.408 e. The van der Waals surface area contributed by atoms with E-state index < -0.39 is 35.2 Å². The molecule has 0 bridgehead atoms. The highest BCUT2D eigenvalue weighted by atomic mass is 16.6. The molecule has 0 unspecified atom stereocenters. The number of nitrogens with one attached hydrogen (secondary N) is 1. The summed E-state index contributed by atoms with van der Waals surface area (Å²) in [6.45, 7) is 13.3. The van der Waals surface area contributed by atoms with Crippen LogP contribution in [0, 0.1) is 11.3 Å². The lowest BCUT2D eigenvalue weighted by Crippen LogP contribution is -2.57. The monoisotopic (exact) mass is 356 g/mol. The minimum Gasteiger partial charge on any atom is -0.467 e. The van der Waals surface area contributed by atoms with Crippen LogP contribution in [0.3, 0.4) is 0 Å². The van der Waals surface area contributed by atoms with E-state index in [1.54, 1.807) is 20.8 Å². The van der Waals surface area contributed by atoms with E-state index in [0.717, 1.165) is 0 Å². The third-order valence-corrected chi connectivity index (χ3v) is 4.04. The minimum atomic E-state index is -0.806. The van der Waals surface area contributed by atoms with Gasteiger partial charge in [-0.05, 0) is 38.5 Å². The van der Waals surface area contributed by atoms with Gasteiger partial charge in [0, 0.05) is 6.54 Å². The smallest absolute Gasteiger partial charge is 0.408 e. The molecule has 0 saturated carbocycles. The van der Waals surface area contributed by atoms with Crippen LogP contribution in [-0.2, 0) is 19.1 Å². The van der Waals surface area contributed by atoms with Gasteiger partial charge in [-0.1, -0.05) is 27.7 Å². The fourth-order valence-electron chi connectivity index (χ4n) is 2.89. The van der Waals surface area contributed by atoms with Crippen LogP contribution in [-0.4, -0.2) is 54.2 Å². The lowest BCUT2D eigenvalue weighted by molar-refractivity contribution is -0.152. The first-order valence-corrected chi connectivity index (χ1v) is 8.64. The Hall–Kier alpha value is -1.79. The predicted octanol–water partition coefficient (Wildman–Crippen LogP) is 2.34. The molecule has 3 atom stereocenters. The maximum absolute atomic E-state index is 13.1. The maximum atomic E-state index is 13.1. The summed E-state index contributed by atoms with van der Waals surface area (Å²) in [4.78, 5) is 38.8. The first kappa shape index (κ1) is 21.3. The number of likely N-dealkylation sites (tertiary alicyclic amines) is 1. The van der Waals surface area contributed by atoms with E-state index >= 15 is 0 Å². The third kappa shape index (κ3) is 5.90. The van der Waals surface area contributed by atoms with Gasteiger partial charge < -0.3 is 19.7 Å². The summed E-state index contributed by atoms with van der Waals surface area (Å²) in [6.07, 6.45) is -0.0931. The van der Waals surface area contributed by atoms with E-state index in [4.69, 9.17) is 9.47 Å². The highest BCUT2D eigenvalue weighted by molar-refractivity contribution is 5.90. The number of carbonyl (C=O) groups is 3. The van der Waals surface area contributed by atoms with Crippen molar-refractivity contribution in [3.05, 3.63) is 0 Å². The molecule has 1 aliphatic rings. The Kier molecular flexibility index (Phi) is 6.48. The lowest BCUT2D eigenvalue weighted by Gasteiger charge is -2.35. The molecule has 0 aromatic carbocycles. The number of carbonyl (C=O) groups excluding carboxylic acids is 3. The van der Waals surface area contributed by atoms with E-state index in [1.807, 2.05) is 27.7 Å². The van der Waals surface area contributed by atoms with Gasteiger partial charge in [0.25, 0.3) is 0 Å². The van der Waals surface area contributed by atoms with Crippen molar-refractivity contribution in [2.45, 2.75) is 72.6 Å². The van der Waals surface area contributed by atoms with Crippen LogP contribution in [0.4, 0.5) is 4.79 Å². The van der Waals surface area contributed by atoms with Gasteiger partial charge in [0.1, 0.15) is 17.7 Å². The van der Waals surface area contributed by atoms with E-state index in [9.17, 15) is 14.4 Å². The van der Waals surface area contributed by atoms with Crippen LogP contribution < -0.4 is 5.32 Å². The van der Waals surface area contributed by atoms with Crippen molar-refractivity contribution in [2.75, 3.05) is 13.7 Å². The number of hydrogen-bond acceptors (Lipinski definition) is 5. The predicted molar refractivity (Wildman–Crippen MR) is 93.9 cm³/mol. The number of esters is 1. The number of ether oxygens (including phenoxy) is 2. The van der Waals surface area contributed by atoms with Crippen LogP contribution in [0.15, 0.2) is 0 Å². The van der Waals surface area contributed by atoms with Gasteiger partial charge in [0.2, 0.25) is 5.91 Å². The van der Waals surface area contributed by atoms with Gasteiger partial charge in [-0.2, -0.15) is 0 Å². The average Bonchev–Trinajstić information content (AvgIpc) is 2.82. The van der Waals surface area contributed by atoms with Crippen molar-refractivity contribution in [3.63, 3.8) is 0 Å². The van der Waals surface area contributed by atoms with Gasteiger partial charge in [0.15, 0.2) is 0 Å². The second-order valence-electron chi connectivity index (χ2n) is 8.82. The molecule has 7 nitrogen and oxygen atoms in total. The highest BCUT2D eigenvalue weighted by Crippen LogP contribution is 2.29. The fraction of sp³-hybridized carbons (Fsp3) is 0.833. The van der Waals surface area contributed by atoms with Gasteiger partial charge in [-0.15, -0.1) is 0 Å². The number of nitrogens with zero attached hydrogens (tertiary/aromatic N) is 1. The zero-order chi connectivity index (χ0) is 19.6. The second-order valence-corrected chi connectivity index (χ2v) is 8.82. The molecule has 0 radical (unpaired) electrons. The standard InChI is InChI=1S/C18H32N2O5/c1-11-9-12(15(22)24-8)20(10-11)14(21)13(17(2,3)4)19-16(23)25-18(5,6)7/h11-13H,9-10H2,1-8H3,(H,19,23)/t11-,12+,13-/m1/s1. The number of alkyl carbamates (subject to hydrolysis) is 1. The first-order valence-electron chi connectivity index (χ1n) is 8.64. The molecule has 0 aliphatic carbocycles. The molecule has 0 spiro atoms. The molecule has 1 heterocycles. The van der Waals surface area contributed by atoms with Crippen LogP contribution in [0.25, 0.3) is 0 Å². The Balaban J connectivity index is 3.01. The number of hydrogen-bond donors (Lipinski definition) is 1. The molecule has 0 aromatic heterocycles. The summed E-state index contributed by atoms with van der Waals surface area (Å²) in [6, 6.07) is -1.42. The lowest BCUT2D eigenvalue weighted by atomic mass is 9.85. The molecule has 7 heteroatoms. The molecule has 1 saturated heterocycles. The van der Waals surface area contributed by atoms with Gasteiger partial charge in [-0.25, -0.2) is 9.59 Å². The van der Waals surface area contributed by atoms with Crippen molar-refractivity contribution < 1.29 is 23.9 Å². The van der Waals surface area contributed by atoms with Crippen LogP contribution in [0.1, 0.15) is 54.9 Å². The number of methoxy groups -OCH3 is 1. The van der Waals surface area contributed by atoms with E-state index in [0.29, 0.717) is 13.0 Å². The summed E-state index contributed by atoms with van der Waals surface area (Å²) >= 11 is 0. The molecular formula is C18H32N2O5. The Morgan fingerprint density at radius 1 is 1.12 bits per heavy atom. The summed E-state index contributed by atoms with van der Waals surface area (Å²) in [7, 11) is 1.31. The largest absolute Gasteiger partial charge is 0.467 e. The molecule has 0 aromatic rings. The molecule has 144 valence electrons. The number of rotatable bonds is 3. The molecular weight excluding hydrogens is 324 g/mol. The van der Waals surface area contributed by atoms with E-state index in [2.05, 4.69) is 5.32 Å². The normalized spacial score (nSPS) is 22.3. The molecule has 1 rings (SSSR count). The Morgan fingerprint density at radius 3 is 2.12 bits per heavy atom. The number of amides is 2. The van der Waals surface area contributed by atoms with Crippen LogP contribution >= 0.6 is 0 Å². The van der Waals surface area contributed by atoms with E-state index in [1.165, 1.54) is 12.0 Å². The van der Waals surface area contributed by atoms with Crippen molar-refractivity contribution >= 4 is 18.0 Å². The summed E-state index contributed by atoms with van der Waals surface area (Å²) in [5, 5.41) is 2.68. The zero-order valence-electron chi connectivity index (χ0n) is 16.6. The second kappa shape index (κ2) is 7.62. The van der Waals surface area contributed by atoms with Gasteiger partial charge >= 0.3 is 12.1 Å². The minimum absolute atomic E-state index is 0.190. The zero-order valence-corrected chi connectivity index (χ0v) is 16.6.